The molecule has 0 saturated heterocycles. The van der Waals surface area contributed by atoms with Gasteiger partial charge in [0.15, 0.2) is 0 Å². The number of halogens is 4. The van der Waals surface area contributed by atoms with Gasteiger partial charge in [0.05, 0.1) is 0 Å². The molecule has 9 rings (SSSR count). The molecule has 0 radical (unpaired) electrons. The lowest BCUT2D eigenvalue weighted by Crippen LogP contribution is -2.13. The van der Waals surface area contributed by atoms with E-state index in [2.05, 4.69) is 12.1 Å². The first-order valence-electron chi connectivity index (χ1n) is 12.3. The van der Waals surface area contributed by atoms with Crippen molar-refractivity contribution >= 4 is 86.8 Å². The van der Waals surface area contributed by atoms with Gasteiger partial charge in [-0.1, -0.05) is 0 Å². The number of benzene rings is 1. The van der Waals surface area contributed by atoms with E-state index in [-0.39, 0.29) is 33.4 Å². The Kier molecular flexibility index (Phi) is 4.69. The summed E-state index contributed by atoms with van der Waals surface area (Å²) in [6.07, 6.45) is 0. The van der Waals surface area contributed by atoms with Gasteiger partial charge in [0.2, 0.25) is 0 Å². The normalized spacial score (nSPS) is 16.1. The topological polar surface area (TPSA) is 0 Å². The number of rotatable bonds is 2. The van der Waals surface area contributed by atoms with E-state index < -0.39 is 11.8 Å². The van der Waals surface area contributed by atoms with Gasteiger partial charge >= 0.3 is 11.8 Å². The van der Waals surface area contributed by atoms with Crippen molar-refractivity contribution in [3.8, 4) is 40.4 Å². The van der Waals surface area contributed by atoms with Crippen LogP contribution in [0.25, 0.3) is 59.2 Å². The molecule has 0 bridgehead atoms. The Labute approximate surface area is 249 Å². The zero-order valence-corrected chi connectivity index (χ0v) is 25.5. The maximum atomic E-state index is 15.9. The number of aryl methyl sites for hydroxylation is 2. The van der Waals surface area contributed by atoms with Crippen LogP contribution in [0.5, 0.6) is 0 Å². The van der Waals surface area contributed by atoms with Crippen LogP contribution in [0.15, 0.2) is 48.5 Å². The van der Waals surface area contributed by atoms with Crippen molar-refractivity contribution in [3.63, 3.8) is 0 Å². The minimum Gasteiger partial charge on any atom is -0.196 e. The summed E-state index contributed by atoms with van der Waals surface area (Å²) in [4.78, 5) is 6.58. The molecule has 0 saturated carbocycles. The fourth-order valence-corrected chi connectivity index (χ4v) is 13.1. The Morgan fingerprint density at radius 3 is 1.20 bits per heavy atom. The SMILES string of the molecule is Cc1cc2sc(-c3cc4c(s3)-c3cc5c(cc3C4(F)F)-c3sc(-c4cc6sc(C)cc6s4)cc3C5(F)F)cc2s1. The van der Waals surface area contributed by atoms with Crippen LogP contribution in [-0.4, -0.2) is 0 Å². The molecule has 7 aromatic rings. The highest BCUT2D eigenvalue weighted by atomic mass is 32.1. The summed E-state index contributed by atoms with van der Waals surface area (Å²) in [5, 5.41) is 0. The molecule has 40 heavy (non-hydrogen) atoms. The molecule has 198 valence electrons. The third-order valence-electron chi connectivity index (χ3n) is 7.61. The van der Waals surface area contributed by atoms with Gasteiger partial charge < -0.3 is 0 Å². The van der Waals surface area contributed by atoms with E-state index in [4.69, 9.17) is 0 Å². The minimum absolute atomic E-state index is 0.0801. The second-order valence-electron chi connectivity index (χ2n) is 10.2. The van der Waals surface area contributed by atoms with Crippen LogP contribution >= 0.6 is 68.0 Å². The molecule has 6 heterocycles. The van der Waals surface area contributed by atoms with E-state index in [1.165, 1.54) is 44.6 Å². The Morgan fingerprint density at radius 2 is 0.800 bits per heavy atom. The van der Waals surface area contributed by atoms with Crippen LogP contribution in [0.4, 0.5) is 17.6 Å². The first kappa shape index (κ1) is 24.3. The zero-order valence-electron chi connectivity index (χ0n) is 20.6. The molecule has 0 aliphatic heterocycles. The second-order valence-corrected chi connectivity index (χ2v) is 17.0. The molecule has 0 unspecified atom stereocenters. The van der Waals surface area contributed by atoms with E-state index >= 15 is 17.6 Å². The van der Waals surface area contributed by atoms with Crippen LogP contribution in [0.3, 0.4) is 0 Å². The van der Waals surface area contributed by atoms with E-state index in [9.17, 15) is 0 Å². The molecule has 0 amide bonds. The van der Waals surface area contributed by atoms with Crippen LogP contribution in [-0.2, 0) is 11.8 Å². The smallest absolute Gasteiger partial charge is 0.196 e. The molecule has 2 aliphatic carbocycles. The highest BCUT2D eigenvalue weighted by Gasteiger charge is 2.52. The first-order chi connectivity index (χ1) is 19.1. The summed E-state index contributed by atoms with van der Waals surface area (Å²) in [5.74, 6) is -6.48. The number of alkyl halides is 4. The van der Waals surface area contributed by atoms with Crippen LogP contribution in [0.2, 0.25) is 0 Å². The second kappa shape index (κ2) is 7.73. The molecule has 6 aromatic heterocycles. The van der Waals surface area contributed by atoms with Crippen molar-refractivity contribution in [3.05, 3.63) is 80.5 Å². The van der Waals surface area contributed by atoms with Crippen molar-refractivity contribution < 1.29 is 17.6 Å². The van der Waals surface area contributed by atoms with Crippen molar-refractivity contribution in [1.29, 1.82) is 0 Å². The highest BCUT2D eigenvalue weighted by molar-refractivity contribution is 7.32. The summed E-state index contributed by atoms with van der Waals surface area (Å²) in [6.45, 7) is 4.10. The first-order valence-corrected chi connectivity index (χ1v) is 17.2. The fourth-order valence-electron chi connectivity index (χ4n) is 5.83. The molecule has 0 N–H and O–H groups in total. The number of fused-ring (bicyclic) bond motifs is 8. The predicted octanol–water partition coefficient (Wildman–Crippen LogP) is 12.6. The van der Waals surface area contributed by atoms with Gasteiger partial charge in [0, 0.05) is 91.2 Å². The van der Waals surface area contributed by atoms with E-state index in [0.717, 1.165) is 38.3 Å². The summed E-state index contributed by atoms with van der Waals surface area (Å²) in [7, 11) is 0. The van der Waals surface area contributed by atoms with Crippen molar-refractivity contribution in [2.24, 2.45) is 0 Å². The quantitative estimate of drug-likeness (QED) is 0.165. The van der Waals surface area contributed by atoms with E-state index in [0.29, 0.717) is 9.75 Å². The molecule has 0 nitrogen and oxygen atoms in total. The maximum Gasteiger partial charge on any atom is 0.300 e. The summed E-state index contributed by atoms with van der Waals surface area (Å²) >= 11 is 9.07. The Bertz CT molecular complexity index is 1990. The van der Waals surface area contributed by atoms with Gasteiger partial charge in [-0.3, -0.25) is 0 Å². The zero-order chi connectivity index (χ0) is 27.3. The Hall–Kier alpha value is -2.34. The van der Waals surface area contributed by atoms with Crippen molar-refractivity contribution in [2.75, 3.05) is 0 Å². The predicted molar refractivity (Wildman–Crippen MR) is 166 cm³/mol. The number of hydrogen-bond donors (Lipinski definition) is 0. The lowest BCUT2D eigenvalue weighted by atomic mass is 9.99. The summed E-state index contributed by atoms with van der Waals surface area (Å²) in [5.41, 5.74) is -0.0479. The van der Waals surface area contributed by atoms with Gasteiger partial charge in [-0.15, -0.1) is 68.0 Å². The van der Waals surface area contributed by atoms with Crippen molar-refractivity contribution in [1.82, 2.24) is 0 Å². The van der Waals surface area contributed by atoms with Gasteiger partial charge in [0.1, 0.15) is 0 Å². The third kappa shape index (κ3) is 3.09. The lowest BCUT2D eigenvalue weighted by Gasteiger charge is -2.16. The third-order valence-corrected chi connectivity index (χ3v) is 14.8. The molecule has 10 heteroatoms. The van der Waals surface area contributed by atoms with E-state index in [1.54, 1.807) is 57.5 Å². The lowest BCUT2D eigenvalue weighted by molar-refractivity contribution is 0.0453. The Balaban J connectivity index is 1.17. The van der Waals surface area contributed by atoms with Crippen molar-refractivity contribution in [2.45, 2.75) is 25.7 Å². The molecule has 0 spiro atoms. The molecule has 1 aromatic carbocycles. The van der Waals surface area contributed by atoms with Crippen LogP contribution in [0, 0.1) is 13.8 Å². The summed E-state index contributed by atoms with van der Waals surface area (Å²) < 4.78 is 68.2. The molecular formula is C30H14F4S6. The number of hydrogen-bond acceptors (Lipinski definition) is 6. The van der Waals surface area contributed by atoms with Gasteiger partial charge in [0.25, 0.3) is 0 Å². The molecule has 0 fully saturated rings. The standard InChI is InChI=1S/C30H14F4S6/c1-11-3-19-23(35-11)9-25(37-19)21-7-17-27(39-21)13-5-16-14(6-15(13)29(17,31)32)28-18(30(16,33)34)8-22(40-28)26-10-24-20(38-26)4-12(2)36-24/h3-10H,1-2H3. The molecular weight excluding hydrogens is 629 g/mol. The minimum atomic E-state index is -3.24. The average Bonchev–Trinajstić information content (AvgIpc) is 3.71. The van der Waals surface area contributed by atoms with Crippen LogP contribution < -0.4 is 0 Å². The maximum absolute atomic E-state index is 15.9. The van der Waals surface area contributed by atoms with Gasteiger partial charge in [-0.2, -0.15) is 17.6 Å². The molecule has 2 aliphatic rings. The summed E-state index contributed by atoms with van der Waals surface area (Å²) in [6, 6.07) is 14.1. The van der Waals surface area contributed by atoms with E-state index in [1.807, 2.05) is 26.0 Å². The highest BCUT2D eigenvalue weighted by Crippen LogP contribution is 2.62. The largest absolute Gasteiger partial charge is 0.300 e. The average molecular weight is 643 g/mol. The molecule has 0 atom stereocenters. The monoisotopic (exact) mass is 642 g/mol. The Morgan fingerprint density at radius 1 is 0.425 bits per heavy atom. The number of thiophene rings is 6. The van der Waals surface area contributed by atoms with Gasteiger partial charge in [-0.25, -0.2) is 0 Å². The fraction of sp³-hybridized carbons (Fsp3) is 0.133. The van der Waals surface area contributed by atoms with Gasteiger partial charge in [-0.05, 0) is 62.4 Å². The van der Waals surface area contributed by atoms with Crippen LogP contribution in [0.1, 0.15) is 32.0 Å².